The predicted molar refractivity (Wildman–Crippen MR) is 81.7 cm³/mol. The Morgan fingerprint density at radius 1 is 1.15 bits per heavy atom. The van der Waals surface area contributed by atoms with Gasteiger partial charge in [0.15, 0.2) is 0 Å². The summed E-state index contributed by atoms with van der Waals surface area (Å²) in [4.78, 5) is 11.4. The SMILES string of the molecule is O=C(O)[C@H](Cc1ccccc1)Nc1ccc(Cl)cc1Cl. The minimum Gasteiger partial charge on any atom is -0.480 e. The number of rotatable bonds is 5. The van der Waals surface area contributed by atoms with Crippen LogP contribution in [-0.4, -0.2) is 17.1 Å². The summed E-state index contributed by atoms with van der Waals surface area (Å²) >= 11 is 11.9. The third-order valence-electron chi connectivity index (χ3n) is 2.84. The van der Waals surface area contributed by atoms with Gasteiger partial charge in [-0.05, 0) is 23.8 Å². The monoisotopic (exact) mass is 309 g/mol. The Hall–Kier alpha value is -1.71. The van der Waals surface area contributed by atoms with Crippen LogP contribution in [0.15, 0.2) is 48.5 Å². The van der Waals surface area contributed by atoms with Crippen LogP contribution in [0.4, 0.5) is 5.69 Å². The van der Waals surface area contributed by atoms with Crippen LogP contribution in [0.3, 0.4) is 0 Å². The third-order valence-corrected chi connectivity index (χ3v) is 3.39. The average Bonchev–Trinajstić information content (AvgIpc) is 2.42. The van der Waals surface area contributed by atoms with Crippen LogP contribution in [-0.2, 0) is 11.2 Å². The maximum atomic E-state index is 11.4. The molecule has 2 aromatic rings. The second kappa shape index (κ2) is 6.64. The molecule has 0 heterocycles. The van der Waals surface area contributed by atoms with E-state index >= 15 is 0 Å². The number of carbonyl (C=O) groups is 1. The van der Waals surface area contributed by atoms with Crippen LogP contribution in [0, 0.1) is 0 Å². The summed E-state index contributed by atoms with van der Waals surface area (Å²) in [6, 6.07) is 13.6. The quantitative estimate of drug-likeness (QED) is 0.874. The molecule has 5 heteroatoms. The van der Waals surface area contributed by atoms with Gasteiger partial charge in [-0.2, -0.15) is 0 Å². The normalized spacial score (nSPS) is 11.9. The molecule has 0 aliphatic carbocycles. The van der Waals surface area contributed by atoms with E-state index in [1.807, 2.05) is 30.3 Å². The molecule has 0 aromatic heterocycles. The van der Waals surface area contributed by atoms with Crippen LogP contribution in [0.5, 0.6) is 0 Å². The highest BCUT2D eigenvalue weighted by molar-refractivity contribution is 6.36. The van der Waals surface area contributed by atoms with Crippen LogP contribution in [0.25, 0.3) is 0 Å². The van der Waals surface area contributed by atoms with Crippen molar-refractivity contribution < 1.29 is 9.90 Å². The fourth-order valence-corrected chi connectivity index (χ4v) is 2.31. The first kappa shape index (κ1) is 14.7. The predicted octanol–water partition coefficient (Wildman–Crippen LogP) is 4.10. The molecule has 0 bridgehead atoms. The van der Waals surface area contributed by atoms with E-state index in [0.29, 0.717) is 22.2 Å². The van der Waals surface area contributed by atoms with Crippen molar-refractivity contribution in [2.24, 2.45) is 0 Å². The molecule has 2 aromatic carbocycles. The van der Waals surface area contributed by atoms with Gasteiger partial charge in [-0.15, -0.1) is 0 Å². The van der Waals surface area contributed by atoms with Crippen molar-refractivity contribution in [2.45, 2.75) is 12.5 Å². The maximum Gasteiger partial charge on any atom is 0.326 e. The van der Waals surface area contributed by atoms with E-state index in [1.165, 1.54) is 0 Å². The Morgan fingerprint density at radius 3 is 2.45 bits per heavy atom. The molecule has 0 radical (unpaired) electrons. The molecule has 1 atom stereocenters. The minimum absolute atomic E-state index is 0.370. The van der Waals surface area contributed by atoms with E-state index in [0.717, 1.165) is 5.56 Å². The lowest BCUT2D eigenvalue weighted by molar-refractivity contribution is -0.137. The van der Waals surface area contributed by atoms with Crippen molar-refractivity contribution in [1.29, 1.82) is 0 Å². The zero-order chi connectivity index (χ0) is 14.5. The van der Waals surface area contributed by atoms with Gasteiger partial charge in [-0.3, -0.25) is 0 Å². The van der Waals surface area contributed by atoms with Crippen LogP contribution in [0.1, 0.15) is 5.56 Å². The zero-order valence-corrected chi connectivity index (χ0v) is 12.0. The number of anilines is 1. The third kappa shape index (κ3) is 3.89. The summed E-state index contributed by atoms with van der Waals surface area (Å²) in [6.45, 7) is 0. The summed E-state index contributed by atoms with van der Waals surface area (Å²) < 4.78 is 0. The topological polar surface area (TPSA) is 49.3 Å². The van der Waals surface area contributed by atoms with Crippen molar-refractivity contribution in [1.82, 2.24) is 0 Å². The molecule has 0 amide bonds. The first-order valence-corrected chi connectivity index (χ1v) is 6.80. The number of benzene rings is 2. The molecule has 0 saturated heterocycles. The van der Waals surface area contributed by atoms with Crippen molar-refractivity contribution in [3.63, 3.8) is 0 Å². The Labute approximate surface area is 127 Å². The number of hydrogen-bond acceptors (Lipinski definition) is 2. The molecular formula is C15H13Cl2NO2. The van der Waals surface area contributed by atoms with E-state index in [1.54, 1.807) is 18.2 Å². The molecular weight excluding hydrogens is 297 g/mol. The van der Waals surface area contributed by atoms with Crippen LogP contribution < -0.4 is 5.32 Å². The summed E-state index contributed by atoms with van der Waals surface area (Å²) in [5.74, 6) is -0.931. The van der Waals surface area contributed by atoms with E-state index in [2.05, 4.69) is 5.32 Å². The van der Waals surface area contributed by atoms with Gasteiger partial charge >= 0.3 is 5.97 Å². The van der Waals surface area contributed by atoms with Gasteiger partial charge in [0.05, 0.1) is 10.7 Å². The maximum absolute atomic E-state index is 11.4. The number of carboxylic acids is 1. The highest BCUT2D eigenvalue weighted by Gasteiger charge is 2.18. The first-order chi connectivity index (χ1) is 9.56. The van der Waals surface area contributed by atoms with Gasteiger partial charge in [-0.1, -0.05) is 53.5 Å². The molecule has 2 rings (SSSR count). The standard InChI is InChI=1S/C15H13Cl2NO2/c16-11-6-7-13(12(17)9-11)18-14(15(19)20)8-10-4-2-1-3-5-10/h1-7,9,14,18H,8H2,(H,19,20)/t14-/m0/s1. The lowest BCUT2D eigenvalue weighted by atomic mass is 10.1. The Balaban J connectivity index is 2.15. The van der Waals surface area contributed by atoms with E-state index < -0.39 is 12.0 Å². The van der Waals surface area contributed by atoms with Crippen LogP contribution in [0.2, 0.25) is 10.0 Å². The lowest BCUT2D eigenvalue weighted by Gasteiger charge is -2.17. The molecule has 0 aliphatic heterocycles. The van der Waals surface area contributed by atoms with Gasteiger partial charge in [0.25, 0.3) is 0 Å². The summed E-state index contributed by atoms with van der Waals surface area (Å²) in [5.41, 5.74) is 1.50. The smallest absolute Gasteiger partial charge is 0.326 e. The molecule has 104 valence electrons. The number of halogens is 2. The average molecular weight is 310 g/mol. The van der Waals surface area contributed by atoms with Gasteiger partial charge < -0.3 is 10.4 Å². The van der Waals surface area contributed by atoms with Crippen molar-refractivity contribution in [3.8, 4) is 0 Å². The number of hydrogen-bond donors (Lipinski definition) is 2. The Bertz CT molecular complexity index is 602. The van der Waals surface area contributed by atoms with Crippen LogP contribution >= 0.6 is 23.2 Å². The Kier molecular flexibility index (Phi) is 4.88. The van der Waals surface area contributed by atoms with Crippen molar-refractivity contribution in [2.75, 3.05) is 5.32 Å². The molecule has 0 unspecified atom stereocenters. The van der Waals surface area contributed by atoms with Crippen molar-refractivity contribution >= 4 is 34.9 Å². The fourth-order valence-electron chi connectivity index (χ4n) is 1.84. The van der Waals surface area contributed by atoms with Gasteiger partial charge in [0.1, 0.15) is 6.04 Å². The number of carboxylic acid groups (broad SMARTS) is 1. The molecule has 0 fully saturated rings. The summed E-state index contributed by atoms with van der Waals surface area (Å²) in [7, 11) is 0. The lowest BCUT2D eigenvalue weighted by Crippen LogP contribution is -2.31. The Morgan fingerprint density at radius 2 is 1.85 bits per heavy atom. The number of aliphatic carboxylic acids is 1. The van der Waals surface area contributed by atoms with Gasteiger partial charge in [-0.25, -0.2) is 4.79 Å². The molecule has 2 N–H and O–H groups in total. The number of nitrogens with one attached hydrogen (secondary N) is 1. The largest absolute Gasteiger partial charge is 0.480 e. The molecule has 0 saturated carbocycles. The van der Waals surface area contributed by atoms with E-state index in [-0.39, 0.29) is 0 Å². The summed E-state index contributed by atoms with van der Waals surface area (Å²) in [5, 5.41) is 13.2. The molecule has 0 aliphatic rings. The fraction of sp³-hybridized carbons (Fsp3) is 0.133. The zero-order valence-electron chi connectivity index (χ0n) is 10.5. The minimum atomic E-state index is -0.931. The molecule has 3 nitrogen and oxygen atoms in total. The van der Waals surface area contributed by atoms with Gasteiger partial charge in [0.2, 0.25) is 0 Å². The highest BCUT2D eigenvalue weighted by atomic mass is 35.5. The first-order valence-electron chi connectivity index (χ1n) is 6.04. The second-order valence-electron chi connectivity index (χ2n) is 4.35. The molecule has 20 heavy (non-hydrogen) atoms. The van der Waals surface area contributed by atoms with Gasteiger partial charge in [0, 0.05) is 11.4 Å². The second-order valence-corrected chi connectivity index (χ2v) is 5.19. The highest BCUT2D eigenvalue weighted by Crippen LogP contribution is 2.26. The molecule has 0 spiro atoms. The van der Waals surface area contributed by atoms with E-state index in [4.69, 9.17) is 23.2 Å². The van der Waals surface area contributed by atoms with E-state index in [9.17, 15) is 9.90 Å². The summed E-state index contributed by atoms with van der Waals surface area (Å²) in [6.07, 6.45) is 0.370. The van der Waals surface area contributed by atoms with Crippen molar-refractivity contribution in [3.05, 3.63) is 64.1 Å².